The molecule has 2 aromatic heterocycles. The number of carbonyl (C=O) groups excluding carboxylic acids is 1. The van der Waals surface area contributed by atoms with Crippen molar-refractivity contribution in [2.45, 2.75) is 57.9 Å². The molecule has 1 unspecified atom stereocenters. The Morgan fingerprint density at radius 2 is 1.83 bits per heavy atom. The molecule has 2 fully saturated rings. The van der Waals surface area contributed by atoms with Crippen LogP contribution in [0.25, 0.3) is 11.0 Å². The van der Waals surface area contributed by atoms with Crippen LogP contribution in [0.4, 0.5) is 11.6 Å². The molecule has 36 heavy (non-hydrogen) atoms. The van der Waals surface area contributed by atoms with Gasteiger partial charge in [0.25, 0.3) is 5.91 Å². The van der Waals surface area contributed by atoms with E-state index in [-0.39, 0.29) is 11.4 Å². The standard InChI is InChI=1S/C29H40N6O/c1-19(2)29(14-11-20(29)3)35-25(27(36)33(4)5)17-23-18-30-28(32-26(23)35)31-24-9-7-21(8-10-24)22-12-15-34(6)16-13-22/h7-10,17-20,22H,11-16H2,1-6H3,(H,30,31,32)/t20-,29?/m1/s1. The highest BCUT2D eigenvalue weighted by atomic mass is 16.2. The van der Waals surface area contributed by atoms with Crippen molar-refractivity contribution in [3.63, 3.8) is 0 Å². The van der Waals surface area contributed by atoms with Gasteiger partial charge in [0, 0.05) is 31.4 Å². The Morgan fingerprint density at radius 3 is 2.39 bits per heavy atom. The van der Waals surface area contributed by atoms with Crippen molar-refractivity contribution in [2.24, 2.45) is 11.8 Å². The number of hydrogen-bond donors (Lipinski definition) is 1. The SMILES string of the molecule is CC(C)C1(n2c(C(=O)N(C)C)cc3cnc(Nc4ccc(C5CCN(C)CC5)cc4)nc32)CC[C@H]1C. The molecule has 2 aliphatic rings. The molecule has 1 aliphatic heterocycles. The number of benzene rings is 1. The van der Waals surface area contributed by atoms with Gasteiger partial charge in [-0.15, -0.1) is 0 Å². The molecule has 2 atom stereocenters. The fourth-order valence-corrected chi connectivity index (χ4v) is 6.34. The fourth-order valence-electron chi connectivity index (χ4n) is 6.34. The number of nitrogens with one attached hydrogen (secondary N) is 1. The van der Waals surface area contributed by atoms with Crippen LogP contribution in [-0.4, -0.2) is 64.5 Å². The molecule has 1 aromatic carbocycles. The molecule has 1 aliphatic carbocycles. The Hall–Kier alpha value is -2.93. The highest BCUT2D eigenvalue weighted by Gasteiger charge is 2.50. The Kier molecular flexibility index (Phi) is 6.54. The van der Waals surface area contributed by atoms with Crippen molar-refractivity contribution in [1.82, 2.24) is 24.3 Å². The number of nitrogens with zero attached hydrogens (tertiary/aromatic N) is 5. The minimum atomic E-state index is -0.121. The molecule has 1 N–H and O–H groups in total. The van der Waals surface area contributed by atoms with E-state index < -0.39 is 0 Å². The fraction of sp³-hybridized carbons (Fsp3) is 0.552. The van der Waals surface area contributed by atoms with Crippen molar-refractivity contribution >= 4 is 28.6 Å². The molecular formula is C29H40N6O. The Morgan fingerprint density at radius 1 is 1.14 bits per heavy atom. The van der Waals surface area contributed by atoms with E-state index in [2.05, 4.69) is 71.9 Å². The van der Waals surface area contributed by atoms with E-state index in [0.29, 0.717) is 29.4 Å². The Labute approximate surface area is 214 Å². The number of likely N-dealkylation sites (tertiary alicyclic amines) is 1. The van der Waals surface area contributed by atoms with Gasteiger partial charge in [-0.25, -0.2) is 4.98 Å². The Bertz CT molecular complexity index is 1230. The Balaban J connectivity index is 1.48. The van der Waals surface area contributed by atoms with Gasteiger partial charge in [-0.2, -0.15) is 4.98 Å². The maximum Gasteiger partial charge on any atom is 0.270 e. The lowest BCUT2D eigenvalue weighted by Gasteiger charge is -2.53. The number of anilines is 2. The summed E-state index contributed by atoms with van der Waals surface area (Å²) in [5.74, 6) is 2.05. The molecule has 3 aromatic rings. The lowest BCUT2D eigenvalue weighted by molar-refractivity contribution is 0.00799. The van der Waals surface area contributed by atoms with E-state index in [1.54, 1.807) is 4.90 Å². The normalized spacial score (nSPS) is 23.1. The van der Waals surface area contributed by atoms with Gasteiger partial charge in [-0.1, -0.05) is 32.9 Å². The minimum Gasteiger partial charge on any atom is -0.343 e. The summed E-state index contributed by atoms with van der Waals surface area (Å²) in [6.45, 7) is 9.14. The monoisotopic (exact) mass is 488 g/mol. The number of hydrogen-bond acceptors (Lipinski definition) is 5. The van der Waals surface area contributed by atoms with Gasteiger partial charge in [0.1, 0.15) is 11.3 Å². The third-order valence-corrected chi connectivity index (χ3v) is 8.77. The minimum absolute atomic E-state index is 0.00568. The largest absolute Gasteiger partial charge is 0.343 e. The molecule has 1 amide bonds. The van der Waals surface area contributed by atoms with E-state index >= 15 is 0 Å². The summed E-state index contributed by atoms with van der Waals surface area (Å²) >= 11 is 0. The number of amides is 1. The second kappa shape index (κ2) is 9.51. The number of aromatic nitrogens is 3. The second-order valence-corrected chi connectivity index (χ2v) is 11.4. The average molecular weight is 489 g/mol. The molecule has 3 heterocycles. The number of fused-ring (bicyclic) bond motifs is 1. The zero-order valence-electron chi connectivity index (χ0n) is 22.6. The number of piperidine rings is 1. The first-order valence-corrected chi connectivity index (χ1v) is 13.4. The molecule has 192 valence electrons. The van der Waals surface area contributed by atoms with E-state index in [9.17, 15) is 4.79 Å². The first-order chi connectivity index (χ1) is 17.2. The van der Waals surface area contributed by atoms with Gasteiger partial charge in [0.05, 0.1) is 5.54 Å². The third-order valence-electron chi connectivity index (χ3n) is 8.77. The predicted molar refractivity (Wildman–Crippen MR) is 146 cm³/mol. The van der Waals surface area contributed by atoms with Crippen LogP contribution in [0.1, 0.15) is 68.4 Å². The maximum atomic E-state index is 13.2. The molecule has 7 nitrogen and oxygen atoms in total. The lowest BCUT2D eigenvalue weighted by atomic mass is 9.61. The predicted octanol–water partition coefficient (Wildman–Crippen LogP) is 5.47. The summed E-state index contributed by atoms with van der Waals surface area (Å²) in [5.41, 5.74) is 3.79. The molecule has 0 radical (unpaired) electrons. The van der Waals surface area contributed by atoms with E-state index in [4.69, 9.17) is 4.98 Å². The summed E-state index contributed by atoms with van der Waals surface area (Å²) in [6, 6.07) is 10.7. The van der Waals surface area contributed by atoms with Crippen molar-refractivity contribution in [3.05, 3.63) is 47.8 Å². The molecule has 1 saturated heterocycles. The van der Waals surface area contributed by atoms with Gasteiger partial charge in [-0.3, -0.25) is 4.79 Å². The van der Waals surface area contributed by atoms with Crippen LogP contribution in [-0.2, 0) is 5.54 Å². The third kappa shape index (κ3) is 4.17. The van der Waals surface area contributed by atoms with Crippen molar-refractivity contribution in [2.75, 3.05) is 39.5 Å². The quantitative estimate of drug-likeness (QED) is 0.499. The van der Waals surface area contributed by atoms with Gasteiger partial charge < -0.3 is 19.7 Å². The molecule has 0 bridgehead atoms. The number of carbonyl (C=O) groups is 1. The van der Waals surface area contributed by atoms with Gasteiger partial charge in [0.15, 0.2) is 0 Å². The smallest absolute Gasteiger partial charge is 0.270 e. The molecule has 1 saturated carbocycles. The van der Waals surface area contributed by atoms with E-state index in [1.165, 1.54) is 18.4 Å². The zero-order valence-corrected chi connectivity index (χ0v) is 22.6. The molecular weight excluding hydrogens is 448 g/mol. The van der Waals surface area contributed by atoms with Crippen LogP contribution in [0.5, 0.6) is 0 Å². The number of rotatable bonds is 6. The van der Waals surface area contributed by atoms with Crippen molar-refractivity contribution < 1.29 is 4.79 Å². The summed E-state index contributed by atoms with van der Waals surface area (Å²) in [5, 5.41) is 4.32. The topological polar surface area (TPSA) is 66.3 Å². The highest BCUT2D eigenvalue weighted by Crippen LogP contribution is 2.52. The van der Waals surface area contributed by atoms with Crippen LogP contribution < -0.4 is 5.32 Å². The van der Waals surface area contributed by atoms with Crippen LogP contribution in [0.15, 0.2) is 36.5 Å². The second-order valence-electron chi connectivity index (χ2n) is 11.4. The first-order valence-electron chi connectivity index (χ1n) is 13.4. The van der Waals surface area contributed by atoms with E-state index in [0.717, 1.165) is 42.7 Å². The molecule has 0 spiro atoms. The first kappa shape index (κ1) is 24.8. The zero-order chi connectivity index (χ0) is 25.6. The summed E-state index contributed by atoms with van der Waals surface area (Å²) in [4.78, 5) is 26.9. The maximum absolute atomic E-state index is 13.2. The molecule has 5 rings (SSSR count). The van der Waals surface area contributed by atoms with Gasteiger partial charge >= 0.3 is 0 Å². The summed E-state index contributed by atoms with van der Waals surface area (Å²) < 4.78 is 2.24. The lowest BCUT2D eigenvalue weighted by Crippen LogP contribution is -2.53. The average Bonchev–Trinajstić information content (AvgIpc) is 3.22. The van der Waals surface area contributed by atoms with Crippen LogP contribution in [0, 0.1) is 11.8 Å². The van der Waals surface area contributed by atoms with Gasteiger partial charge in [-0.05, 0) is 87.3 Å². The van der Waals surface area contributed by atoms with Crippen LogP contribution in [0.2, 0.25) is 0 Å². The van der Waals surface area contributed by atoms with Crippen LogP contribution >= 0.6 is 0 Å². The van der Waals surface area contributed by atoms with E-state index in [1.807, 2.05) is 26.4 Å². The molecule has 7 heteroatoms. The van der Waals surface area contributed by atoms with Crippen molar-refractivity contribution in [1.29, 1.82) is 0 Å². The van der Waals surface area contributed by atoms with Crippen molar-refractivity contribution in [3.8, 4) is 0 Å². The summed E-state index contributed by atoms with van der Waals surface area (Å²) in [7, 11) is 5.82. The summed E-state index contributed by atoms with van der Waals surface area (Å²) in [6.07, 6.45) is 6.48. The van der Waals surface area contributed by atoms with Gasteiger partial charge in [0.2, 0.25) is 5.95 Å². The van der Waals surface area contributed by atoms with Crippen LogP contribution in [0.3, 0.4) is 0 Å². The highest BCUT2D eigenvalue weighted by molar-refractivity contribution is 5.98.